The Kier molecular flexibility index (Phi) is 2.68. The van der Waals surface area contributed by atoms with Crippen LogP contribution in [0.4, 0.5) is 0 Å². The molecule has 1 aliphatic heterocycles. The monoisotopic (exact) mass is 224 g/mol. The van der Waals surface area contributed by atoms with E-state index in [-0.39, 0.29) is 11.4 Å². The van der Waals surface area contributed by atoms with Crippen molar-refractivity contribution in [2.24, 2.45) is 7.05 Å². The lowest BCUT2D eigenvalue weighted by molar-refractivity contribution is -0.118. The van der Waals surface area contributed by atoms with Crippen LogP contribution < -0.4 is 10.6 Å². The minimum atomic E-state index is -0.296. The third-order valence-electron chi connectivity index (χ3n) is 2.13. The maximum absolute atomic E-state index is 11.5. The Morgan fingerprint density at radius 3 is 3.07 bits per heavy atom. The molecule has 5 nitrogen and oxygen atoms in total. The molecule has 80 valence electrons. The highest BCUT2D eigenvalue weighted by Gasteiger charge is 2.17. The SMILES string of the molecule is Cn1cc(CC2=CNC(S)NC2=O)cn1. The van der Waals surface area contributed by atoms with Crippen LogP contribution in [0.5, 0.6) is 0 Å². The molecule has 6 heteroatoms. The van der Waals surface area contributed by atoms with E-state index in [9.17, 15) is 4.79 Å². The second kappa shape index (κ2) is 3.98. The van der Waals surface area contributed by atoms with Crippen molar-refractivity contribution >= 4 is 18.5 Å². The zero-order valence-electron chi connectivity index (χ0n) is 8.27. The number of carbonyl (C=O) groups is 1. The number of carbonyl (C=O) groups excluding carboxylic acids is 1. The van der Waals surface area contributed by atoms with E-state index in [1.807, 2.05) is 13.2 Å². The van der Waals surface area contributed by atoms with Gasteiger partial charge in [-0.25, -0.2) is 0 Å². The van der Waals surface area contributed by atoms with E-state index in [2.05, 4.69) is 28.4 Å². The average Bonchev–Trinajstić information content (AvgIpc) is 2.56. The Morgan fingerprint density at radius 2 is 2.47 bits per heavy atom. The van der Waals surface area contributed by atoms with Crippen molar-refractivity contribution in [2.75, 3.05) is 0 Å². The van der Waals surface area contributed by atoms with Crippen LogP contribution in [0, 0.1) is 0 Å². The van der Waals surface area contributed by atoms with Gasteiger partial charge in [0.15, 0.2) is 0 Å². The molecule has 1 amide bonds. The number of aryl methyl sites for hydroxylation is 1. The first kappa shape index (κ1) is 10.1. The minimum Gasteiger partial charge on any atom is -0.363 e. The quantitative estimate of drug-likeness (QED) is 0.609. The molecule has 0 bridgehead atoms. The van der Waals surface area contributed by atoms with E-state index in [1.54, 1.807) is 17.1 Å². The number of nitrogens with one attached hydrogen (secondary N) is 2. The summed E-state index contributed by atoms with van der Waals surface area (Å²) < 4.78 is 1.71. The Balaban J connectivity index is 2.09. The highest BCUT2D eigenvalue weighted by atomic mass is 32.1. The highest BCUT2D eigenvalue weighted by Crippen LogP contribution is 2.09. The summed E-state index contributed by atoms with van der Waals surface area (Å²) in [6.07, 6.45) is 5.92. The summed E-state index contributed by atoms with van der Waals surface area (Å²) in [6.45, 7) is 0. The van der Waals surface area contributed by atoms with Crippen molar-refractivity contribution in [3.63, 3.8) is 0 Å². The van der Waals surface area contributed by atoms with Gasteiger partial charge in [0.05, 0.1) is 6.20 Å². The summed E-state index contributed by atoms with van der Waals surface area (Å²) in [7, 11) is 1.85. The summed E-state index contributed by atoms with van der Waals surface area (Å²) in [5, 5.41) is 9.65. The largest absolute Gasteiger partial charge is 0.363 e. The van der Waals surface area contributed by atoms with Gasteiger partial charge < -0.3 is 10.6 Å². The van der Waals surface area contributed by atoms with Crippen LogP contribution in [-0.4, -0.2) is 21.2 Å². The summed E-state index contributed by atoms with van der Waals surface area (Å²) in [5.41, 5.74) is 1.40. The molecule has 0 spiro atoms. The van der Waals surface area contributed by atoms with E-state index in [0.717, 1.165) is 5.56 Å². The summed E-state index contributed by atoms with van der Waals surface area (Å²) in [6, 6.07) is 0. The molecule has 0 aliphatic carbocycles. The van der Waals surface area contributed by atoms with Gasteiger partial charge in [0.2, 0.25) is 0 Å². The van der Waals surface area contributed by atoms with E-state index in [1.165, 1.54) is 0 Å². The third kappa shape index (κ3) is 2.33. The molecule has 2 rings (SSSR count). The van der Waals surface area contributed by atoms with Gasteiger partial charge in [-0.2, -0.15) is 5.10 Å². The predicted octanol–water partition coefficient (Wildman–Crippen LogP) is -0.221. The summed E-state index contributed by atoms with van der Waals surface area (Å²) >= 11 is 4.09. The second-order valence-corrected chi connectivity index (χ2v) is 3.93. The molecule has 0 saturated heterocycles. The van der Waals surface area contributed by atoms with E-state index in [0.29, 0.717) is 12.0 Å². The zero-order valence-corrected chi connectivity index (χ0v) is 9.16. The van der Waals surface area contributed by atoms with Crippen LogP contribution in [-0.2, 0) is 18.3 Å². The van der Waals surface area contributed by atoms with Crippen molar-refractivity contribution < 1.29 is 4.79 Å². The standard InChI is InChI=1S/C9H12N4OS/c1-13-5-6(3-11-13)2-7-4-10-9(15)12-8(7)14/h3-5,9-10,15H,2H2,1H3,(H,12,14). The third-order valence-corrected chi connectivity index (χ3v) is 2.41. The molecule has 0 aromatic carbocycles. The molecule has 0 radical (unpaired) electrons. The molecule has 0 fully saturated rings. The highest BCUT2D eigenvalue weighted by molar-refractivity contribution is 7.80. The molecular weight excluding hydrogens is 212 g/mol. The van der Waals surface area contributed by atoms with Crippen LogP contribution >= 0.6 is 12.6 Å². The normalized spacial score (nSPS) is 20.5. The van der Waals surface area contributed by atoms with Crippen LogP contribution in [0.3, 0.4) is 0 Å². The molecule has 1 aromatic heterocycles. The van der Waals surface area contributed by atoms with Gasteiger partial charge in [-0.15, -0.1) is 12.6 Å². The molecule has 2 N–H and O–H groups in total. The van der Waals surface area contributed by atoms with Crippen LogP contribution in [0.15, 0.2) is 24.2 Å². The first-order valence-electron chi connectivity index (χ1n) is 4.57. The molecule has 15 heavy (non-hydrogen) atoms. The van der Waals surface area contributed by atoms with Crippen molar-refractivity contribution in [3.8, 4) is 0 Å². The Labute approximate surface area is 92.9 Å². The fourth-order valence-corrected chi connectivity index (χ4v) is 1.61. The van der Waals surface area contributed by atoms with Gasteiger partial charge in [0.25, 0.3) is 5.91 Å². The fourth-order valence-electron chi connectivity index (χ4n) is 1.42. The Morgan fingerprint density at radius 1 is 1.67 bits per heavy atom. The van der Waals surface area contributed by atoms with Crippen LogP contribution in [0.1, 0.15) is 5.56 Å². The number of hydrogen-bond acceptors (Lipinski definition) is 4. The smallest absolute Gasteiger partial charge is 0.251 e. The van der Waals surface area contributed by atoms with Crippen LogP contribution in [0.2, 0.25) is 0 Å². The van der Waals surface area contributed by atoms with E-state index < -0.39 is 0 Å². The van der Waals surface area contributed by atoms with Gasteiger partial charge in [-0.1, -0.05) is 0 Å². The number of amides is 1. The van der Waals surface area contributed by atoms with Gasteiger partial charge >= 0.3 is 0 Å². The maximum Gasteiger partial charge on any atom is 0.251 e. The molecule has 2 heterocycles. The molecule has 1 aromatic rings. The topological polar surface area (TPSA) is 59.0 Å². The number of rotatable bonds is 2. The first-order chi connectivity index (χ1) is 7.15. The lowest BCUT2D eigenvalue weighted by atomic mass is 10.1. The second-order valence-electron chi connectivity index (χ2n) is 3.41. The number of thiol groups is 1. The molecule has 1 atom stereocenters. The van der Waals surface area contributed by atoms with E-state index in [4.69, 9.17) is 0 Å². The average molecular weight is 224 g/mol. The van der Waals surface area contributed by atoms with Gasteiger partial charge in [-0.3, -0.25) is 9.48 Å². The number of aromatic nitrogens is 2. The minimum absolute atomic E-state index is 0.0856. The maximum atomic E-state index is 11.5. The van der Waals surface area contributed by atoms with E-state index >= 15 is 0 Å². The van der Waals surface area contributed by atoms with Crippen LogP contribution in [0.25, 0.3) is 0 Å². The van der Waals surface area contributed by atoms with Gasteiger partial charge in [0, 0.05) is 31.4 Å². The van der Waals surface area contributed by atoms with Crippen molar-refractivity contribution in [1.82, 2.24) is 20.4 Å². The Hall–Kier alpha value is -1.43. The van der Waals surface area contributed by atoms with Gasteiger partial charge in [-0.05, 0) is 5.56 Å². The molecule has 1 unspecified atom stereocenters. The molecule has 1 aliphatic rings. The first-order valence-corrected chi connectivity index (χ1v) is 5.08. The Bertz CT molecular complexity index is 412. The lowest BCUT2D eigenvalue weighted by Gasteiger charge is -2.20. The lowest BCUT2D eigenvalue weighted by Crippen LogP contribution is -2.44. The molecular formula is C9H12N4OS. The zero-order chi connectivity index (χ0) is 10.8. The predicted molar refractivity (Wildman–Crippen MR) is 59.0 cm³/mol. The van der Waals surface area contributed by atoms with Crippen molar-refractivity contribution in [2.45, 2.75) is 11.9 Å². The van der Waals surface area contributed by atoms with Gasteiger partial charge in [0.1, 0.15) is 5.50 Å². The summed E-state index contributed by atoms with van der Waals surface area (Å²) in [4.78, 5) is 11.5. The van der Waals surface area contributed by atoms with Crippen molar-refractivity contribution in [1.29, 1.82) is 0 Å². The summed E-state index contributed by atoms with van der Waals surface area (Å²) in [5.74, 6) is -0.0856. The number of hydrogen-bond donors (Lipinski definition) is 3. The molecule has 0 saturated carbocycles. The fraction of sp³-hybridized carbons (Fsp3) is 0.333. The number of nitrogens with zero attached hydrogens (tertiary/aromatic N) is 2. The van der Waals surface area contributed by atoms with Crippen molar-refractivity contribution in [3.05, 3.63) is 29.7 Å².